The van der Waals surface area contributed by atoms with Gasteiger partial charge in [-0.3, -0.25) is 9.36 Å². The molecule has 1 amide bonds. The van der Waals surface area contributed by atoms with Crippen molar-refractivity contribution in [2.75, 3.05) is 5.32 Å². The van der Waals surface area contributed by atoms with Gasteiger partial charge in [0.25, 0.3) is 0 Å². The molecule has 2 heterocycles. The first-order chi connectivity index (χ1) is 10.2. The Morgan fingerprint density at radius 2 is 1.95 bits per heavy atom. The van der Waals surface area contributed by atoms with Crippen molar-refractivity contribution in [3.8, 4) is 17.1 Å². The number of hydrogen-bond acceptors (Lipinski definition) is 4. The third kappa shape index (κ3) is 2.79. The number of para-hydroxylation sites is 1. The molecule has 0 unspecified atom stereocenters. The molecule has 0 bridgehead atoms. The Labute approximate surface area is 121 Å². The molecule has 3 aromatic rings. The lowest BCUT2D eigenvalue weighted by molar-refractivity contribution is -0.114. The molecule has 0 fully saturated rings. The zero-order valence-corrected chi connectivity index (χ0v) is 11.4. The fraction of sp³-hybridized carbons (Fsp3) is 0.0667. The van der Waals surface area contributed by atoms with Gasteiger partial charge in [0.15, 0.2) is 5.82 Å². The molecule has 1 N–H and O–H groups in total. The third-order valence-corrected chi connectivity index (χ3v) is 2.91. The van der Waals surface area contributed by atoms with E-state index in [1.807, 2.05) is 41.0 Å². The Morgan fingerprint density at radius 1 is 1.14 bits per heavy atom. The van der Waals surface area contributed by atoms with E-state index in [2.05, 4.69) is 20.5 Å². The summed E-state index contributed by atoms with van der Waals surface area (Å²) in [5.74, 6) is 1.06. The number of nitrogens with one attached hydrogen (secondary N) is 1. The van der Waals surface area contributed by atoms with Crippen LogP contribution in [-0.4, -0.2) is 25.7 Å². The average molecular weight is 279 g/mol. The molecule has 0 aliphatic heterocycles. The molecule has 1 aromatic carbocycles. The van der Waals surface area contributed by atoms with Crippen molar-refractivity contribution in [1.29, 1.82) is 0 Å². The van der Waals surface area contributed by atoms with Crippen LogP contribution in [-0.2, 0) is 4.79 Å². The fourth-order valence-corrected chi connectivity index (χ4v) is 1.99. The molecule has 104 valence electrons. The van der Waals surface area contributed by atoms with E-state index in [-0.39, 0.29) is 5.91 Å². The maximum absolute atomic E-state index is 11.0. The van der Waals surface area contributed by atoms with Crippen LogP contribution in [0, 0.1) is 0 Å². The molecule has 21 heavy (non-hydrogen) atoms. The second-order valence-electron chi connectivity index (χ2n) is 4.47. The maximum atomic E-state index is 11.0. The van der Waals surface area contributed by atoms with Crippen LogP contribution in [0.15, 0.2) is 55.0 Å². The van der Waals surface area contributed by atoms with Crippen LogP contribution in [0.3, 0.4) is 0 Å². The van der Waals surface area contributed by atoms with E-state index in [4.69, 9.17) is 0 Å². The minimum atomic E-state index is -0.150. The van der Waals surface area contributed by atoms with E-state index in [0.29, 0.717) is 11.6 Å². The normalized spacial score (nSPS) is 10.3. The SMILES string of the molecule is CC(=O)Nc1ccc(-c2nncn2-c2ccccc2)cn1. The van der Waals surface area contributed by atoms with Gasteiger partial charge in [-0.15, -0.1) is 10.2 Å². The molecular formula is C15H13N5O. The highest BCUT2D eigenvalue weighted by Crippen LogP contribution is 2.20. The van der Waals surface area contributed by atoms with Crippen molar-refractivity contribution in [1.82, 2.24) is 19.7 Å². The third-order valence-electron chi connectivity index (χ3n) is 2.91. The molecule has 0 radical (unpaired) electrons. The molecule has 0 saturated heterocycles. The number of pyridine rings is 1. The van der Waals surface area contributed by atoms with Crippen molar-refractivity contribution in [3.63, 3.8) is 0 Å². The highest BCUT2D eigenvalue weighted by Gasteiger charge is 2.09. The largest absolute Gasteiger partial charge is 0.311 e. The zero-order valence-electron chi connectivity index (χ0n) is 11.4. The predicted molar refractivity (Wildman–Crippen MR) is 78.9 cm³/mol. The number of carbonyl (C=O) groups is 1. The highest BCUT2D eigenvalue weighted by atomic mass is 16.1. The number of benzene rings is 1. The molecular weight excluding hydrogens is 266 g/mol. The molecule has 3 rings (SSSR count). The standard InChI is InChI=1S/C15H13N5O/c1-11(21)18-14-8-7-12(9-16-14)15-19-17-10-20(15)13-5-3-2-4-6-13/h2-10H,1H3,(H,16,18,21). The smallest absolute Gasteiger partial charge is 0.222 e. The Bertz CT molecular complexity index is 749. The second-order valence-corrected chi connectivity index (χ2v) is 4.47. The molecule has 6 nitrogen and oxygen atoms in total. The molecule has 6 heteroatoms. The monoisotopic (exact) mass is 279 g/mol. The molecule has 0 spiro atoms. The van der Waals surface area contributed by atoms with Gasteiger partial charge in [-0.25, -0.2) is 4.98 Å². The van der Waals surface area contributed by atoms with E-state index in [9.17, 15) is 4.79 Å². The summed E-state index contributed by atoms with van der Waals surface area (Å²) in [6.07, 6.45) is 3.32. The van der Waals surface area contributed by atoms with E-state index >= 15 is 0 Å². The number of rotatable bonds is 3. The zero-order chi connectivity index (χ0) is 14.7. The van der Waals surface area contributed by atoms with Crippen molar-refractivity contribution in [2.45, 2.75) is 6.92 Å². The molecule has 0 aliphatic rings. The number of aromatic nitrogens is 4. The van der Waals surface area contributed by atoms with E-state index in [0.717, 1.165) is 11.3 Å². The first-order valence-electron chi connectivity index (χ1n) is 6.43. The van der Waals surface area contributed by atoms with Crippen molar-refractivity contribution >= 4 is 11.7 Å². The molecule has 0 saturated carbocycles. The van der Waals surface area contributed by atoms with Crippen molar-refractivity contribution < 1.29 is 4.79 Å². The van der Waals surface area contributed by atoms with Gasteiger partial charge >= 0.3 is 0 Å². The summed E-state index contributed by atoms with van der Waals surface area (Å²) in [4.78, 5) is 15.2. The van der Waals surface area contributed by atoms with Crippen LogP contribution in [0.2, 0.25) is 0 Å². The van der Waals surface area contributed by atoms with Gasteiger partial charge in [0, 0.05) is 24.4 Å². The maximum Gasteiger partial charge on any atom is 0.222 e. The van der Waals surface area contributed by atoms with E-state index in [1.165, 1.54) is 6.92 Å². The Morgan fingerprint density at radius 3 is 2.62 bits per heavy atom. The van der Waals surface area contributed by atoms with Crippen LogP contribution in [0.1, 0.15) is 6.92 Å². The minimum absolute atomic E-state index is 0.150. The van der Waals surface area contributed by atoms with Gasteiger partial charge < -0.3 is 5.32 Å². The number of amides is 1. The van der Waals surface area contributed by atoms with E-state index in [1.54, 1.807) is 18.6 Å². The van der Waals surface area contributed by atoms with Crippen LogP contribution in [0.25, 0.3) is 17.1 Å². The summed E-state index contributed by atoms with van der Waals surface area (Å²) >= 11 is 0. The average Bonchev–Trinajstić information content (AvgIpc) is 2.98. The number of anilines is 1. The van der Waals surface area contributed by atoms with E-state index < -0.39 is 0 Å². The number of carbonyl (C=O) groups excluding carboxylic acids is 1. The highest BCUT2D eigenvalue weighted by molar-refractivity contribution is 5.87. The van der Waals surface area contributed by atoms with Gasteiger partial charge in [0.1, 0.15) is 12.1 Å². The Kier molecular flexibility index (Phi) is 3.42. The summed E-state index contributed by atoms with van der Waals surface area (Å²) in [6.45, 7) is 1.45. The van der Waals surface area contributed by atoms with Gasteiger partial charge in [0.2, 0.25) is 5.91 Å². The van der Waals surface area contributed by atoms with Crippen molar-refractivity contribution in [2.24, 2.45) is 0 Å². The molecule has 2 aromatic heterocycles. The predicted octanol–water partition coefficient (Wildman–Crippen LogP) is 2.29. The summed E-state index contributed by atoms with van der Waals surface area (Å²) in [6, 6.07) is 13.4. The first kappa shape index (κ1) is 13.0. The minimum Gasteiger partial charge on any atom is -0.311 e. The summed E-state index contributed by atoms with van der Waals surface area (Å²) < 4.78 is 1.88. The summed E-state index contributed by atoms with van der Waals surface area (Å²) in [7, 11) is 0. The van der Waals surface area contributed by atoms with Gasteiger partial charge in [-0.05, 0) is 24.3 Å². The number of hydrogen-bond donors (Lipinski definition) is 1. The molecule has 0 aliphatic carbocycles. The summed E-state index contributed by atoms with van der Waals surface area (Å²) in [5.41, 5.74) is 1.80. The lowest BCUT2D eigenvalue weighted by Crippen LogP contribution is -2.07. The van der Waals surface area contributed by atoms with Crippen LogP contribution in [0.5, 0.6) is 0 Å². The topological polar surface area (TPSA) is 72.7 Å². The quantitative estimate of drug-likeness (QED) is 0.798. The Balaban J connectivity index is 1.95. The summed E-state index contributed by atoms with van der Waals surface area (Å²) in [5, 5.41) is 10.7. The second kappa shape index (κ2) is 5.54. The van der Waals surface area contributed by atoms with Crippen LogP contribution in [0.4, 0.5) is 5.82 Å². The van der Waals surface area contributed by atoms with Crippen LogP contribution >= 0.6 is 0 Å². The number of nitrogens with zero attached hydrogens (tertiary/aromatic N) is 4. The van der Waals surface area contributed by atoms with Crippen molar-refractivity contribution in [3.05, 3.63) is 55.0 Å². The lowest BCUT2D eigenvalue weighted by atomic mass is 10.2. The van der Waals surface area contributed by atoms with Crippen LogP contribution < -0.4 is 5.32 Å². The Hall–Kier alpha value is -3.02. The van der Waals surface area contributed by atoms with Gasteiger partial charge in [-0.1, -0.05) is 18.2 Å². The first-order valence-corrected chi connectivity index (χ1v) is 6.43. The van der Waals surface area contributed by atoms with Gasteiger partial charge in [-0.2, -0.15) is 0 Å². The van der Waals surface area contributed by atoms with Gasteiger partial charge in [0.05, 0.1) is 0 Å². The lowest BCUT2D eigenvalue weighted by Gasteiger charge is -2.07. The fourth-order valence-electron chi connectivity index (χ4n) is 1.99. The molecule has 0 atom stereocenters.